The Kier molecular flexibility index (Phi) is 7.22. The van der Waals surface area contributed by atoms with E-state index in [9.17, 15) is 4.79 Å². The normalized spacial score (nSPS) is 13.3. The van der Waals surface area contributed by atoms with Crippen LogP contribution in [0.25, 0.3) is 0 Å². The van der Waals surface area contributed by atoms with Gasteiger partial charge in [0.15, 0.2) is 0 Å². The Morgan fingerprint density at radius 1 is 1.35 bits per heavy atom. The fourth-order valence-electron chi connectivity index (χ4n) is 1.12. The van der Waals surface area contributed by atoms with Crippen LogP contribution in [0.2, 0.25) is 0 Å². The number of nitrogens with one attached hydrogen (secondary N) is 1. The number of rotatable bonds is 5. The van der Waals surface area contributed by atoms with Crippen LogP contribution in [0.1, 0.15) is 20.8 Å². The molecule has 0 atom stereocenters. The molecule has 0 aliphatic rings. The van der Waals surface area contributed by atoms with E-state index < -0.39 is 0 Å². The van der Waals surface area contributed by atoms with Gasteiger partial charge in [0.1, 0.15) is 0 Å². The Bertz CT molecular complexity index is 414. The molecule has 0 radical (unpaired) electrons. The van der Waals surface area contributed by atoms with Gasteiger partial charge in [-0.05, 0) is 32.4 Å². The van der Waals surface area contributed by atoms with E-state index in [0.29, 0.717) is 11.3 Å². The summed E-state index contributed by atoms with van der Waals surface area (Å²) in [7, 11) is 0. The van der Waals surface area contributed by atoms with Gasteiger partial charge >= 0.3 is 0 Å². The lowest BCUT2D eigenvalue weighted by Crippen LogP contribution is -2.23. The monoisotopic (exact) mass is 295 g/mol. The zero-order valence-corrected chi connectivity index (χ0v) is 12.1. The average Bonchev–Trinajstić information content (AvgIpc) is 2.31. The Hall–Kier alpha value is -1.35. The number of carbonyl (C=O) groups is 1. The van der Waals surface area contributed by atoms with Crippen LogP contribution >= 0.6 is 15.9 Å². The topological polar surface area (TPSA) is 29.1 Å². The van der Waals surface area contributed by atoms with Gasteiger partial charge in [-0.25, -0.2) is 0 Å². The van der Waals surface area contributed by atoms with Crippen molar-refractivity contribution < 1.29 is 4.79 Å². The molecule has 0 saturated carbocycles. The molecule has 1 amide bonds. The highest BCUT2D eigenvalue weighted by atomic mass is 79.9. The standard InChI is InChI=1S/C14H18BrNO/c1-6-9-12(7-2)14(17)16-13(8-3)10(4)11(5)15/h6-9H,3,5H2,1-2,4H3,(H,16,17)/b9-6-,12-7+,13-10+. The largest absolute Gasteiger partial charge is 0.322 e. The van der Waals surface area contributed by atoms with Crippen LogP contribution in [-0.4, -0.2) is 5.91 Å². The van der Waals surface area contributed by atoms with Gasteiger partial charge < -0.3 is 5.32 Å². The predicted octanol–water partition coefficient (Wildman–Crippen LogP) is 3.99. The van der Waals surface area contributed by atoms with Crippen LogP contribution in [0.15, 0.2) is 58.8 Å². The van der Waals surface area contributed by atoms with E-state index in [1.165, 1.54) is 0 Å². The lowest BCUT2D eigenvalue weighted by atomic mass is 10.2. The summed E-state index contributed by atoms with van der Waals surface area (Å²) in [4.78, 5) is 11.9. The summed E-state index contributed by atoms with van der Waals surface area (Å²) in [5.74, 6) is -0.159. The van der Waals surface area contributed by atoms with Crippen LogP contribution in [0.3, 0.4) is 0 Å². The maximum absolute atomic E-state index is 11.9. The van der Waals surface area contributed by atoms with Crippen molar-refractivity contribution in [1.82, 2.24) is 5.32 Å². The molecule has 1 N–H and O–H groups in total. The molecule has 92 valence electrons. The molecule has 17 heavy (non-hydrogen) atoms. The predicted molar refractivity (Wildman–Crippen MR) is 77.7 cm³/mol. The second-order valence-corrected chi connectivity index (χ2v) is 4.30. The van der Waals surface area contributed by atoms with Gasteiger partial charge in [-0.3, -0.25) is 4.79 Å². The average molecular weight is 296 g/mol. The van der Waals surface area contributed by atoms with Gasteiger partial charge in [0, 0.05) is 15.8 Å². The molecule has 2 nitrogen and oxygen atoms in total. The summed E-state index contributed by atoms with van der Waals surface area (Å²) in [6.07, 6.45) is 6.94. The molecule has 0 aliphatic heterocycles. The molecule has 0 aromatic rings. The third kappa shape index (κ3) is 5.00. The summed E-state index contributed by atoms with van der Waals surface area (Å²) < 4.78 is 0.723. The minimum Gasteiger partial charge on any atom is -0.322 e. The fraction of sp³-hybridized carbons (Fsp3) is 0.214. The first kappa shape index (κ1) is 15.7. The number of carbonyl (C=O) groups excluding carboxylic acids is 1. The minimum absolute atomic E-state index is 0.159. The van der Waals surface area contributed by atoms with Gasteiger partial charge in [0.05, 0.1) is 0 Å². The quantitative estimate of drug-likeness (QED) is 0.603. The highest BCUT2D eigenvalue weighted by molar-refractivity contribution is 9.11. The van der Waals surface area contributed by atoms with E-state index in [-0.39, 0.29) is 5.91 Å². The van der Waals surface area contributed by atoms with Crippen molar-refractivity contribution in [3.8, 4) is 0 Å². The maximum Gasteiger partial charge on any atom is 0.255 e. The van der Waals surface area contributed by atoms with Crippen LogP contribution in [0.4, 0.5) is 0 Å². The maximum atomic E-state index is 11.9. The van der Waals surface area contributed by atoms with Crippen molar-refractivity contribution >= 4 is 21.8 Å². The first-order valence-corrected chi connectivity index (χ1v) is 6.05. The van der Waals surface area contributed by atoms with Crippen molar-refractivity contribution in [3.05, 3.63) is 58.8 Å². The fourth-order valence-corrected chi connectivity index (χ4v) is 1.33. The van der Waals surface area contributed by atoms with E-state index in [4.69, 9.17) is 0 Å². The van der Waals surface area contributed by atoms with E-state index in [0.717, 1.165) is 10.1 Å². The minimum atomic E-state index is -0.159. The van der Waals surface area contributed by atoms with Crippen molar-refractivity contribution in [3.63, 3.8) is 0 Å². The van der Waals surface area contributed by atoms with E-state index in [1.54, 1.807) is 18.2 Å². The van der Waals surface area contributed by atoms with Crippen LogP contribution in [0, 0.1) is 0 Å². The van der Waals surface area contributed by atoms with Gasteiger partial charge in [-0.1, -0.05) is 47.3 Å². The molecular weight excluding hydrogens is 278 g/mol. The Balaban J connectivity index is 5.07. The number of amides is 1. The second kappa shape index (κ2) is 7.85. The summed E-state index contributed by atoms with van der Waals surface area (Å²) in [5, 5.41) is 2.80. The molecule has 0 aromatic carbocycles. The van der Waals surface area contributed by atoms with E-state index in [2.05, 4.69) is 34.4 Å². The smallest absolute Gasteiger partial charge is 0.255 e. The second-order valence-electron chi connectivity index (χ2n) is 3.35. The van der Waals surface area contributed by atoms with Crippen molar-refractivity contribution in [2.75, 3.05) is 0 Å². The SMILES string of the molecule is C=C/C(NC(=O)C(/C=C\C)=C/C)=C(/C)C(=C)Br. The summed E-state index contributed by atoms with van der Waals surface area (Å²) in [5.41, 5.74) is 2.12. The third-order valence-corrected chi connectivity index (χ3v) is 2.78. The van der Waals surface area contributed by atoms with Gasteiger partial charge in [-0.15, -0.1) is 0 Å². The Labute approximate surface area is 112 Å². The zero-order chi connectivity index (χ0) is 13.4. The molecule has 0 aliphatic carbocycles. The Morgan fingerprint density at radius 3 is 2.29 bits per heavy atom. The number of hydrogen-bond donors (Lipinski definition) is 1. The summed E-state index contributed by atoms with van der Waals surface area (Å²) >= 11 is 3.28. The van der Waals surface area contributed by atoms with Crippen molar-refractivity contribution in [1.29, 1.82) is 0 Å². The van der Waals surface area contributed by atoms with Crippen molar-refractivity contribution in [2.24, 2.45) is 0 Å². The van der Waals surface area contributed by atoms with E-state index in [1.807, 2.05) is 26.8 Å². The zero-order valence-electron chi connectivity index (χ0n) is 10.5. The molecule has 0 fully saturated rings. The molecule has 0 rings (SSSR count). The van der Waals surface area contributed by atoms with Crippen LogP contribution in [0.5, 0.6) is 0 Å². The molecule has 0 saturated heterocycles. The number of allylic oxidation sites excluding steroid dienone is 5. The van der Waals surface area contributed by atoms with Gasteiger partial charge in [0.2, 0.25) is 0 Å². The summed E-state index contributed by atoms with van der Waals surface area (Å²) in [6, 6.07) is 0. The molecular formula is C14H18BrNO. The number of halogens is 1. The lowest BCUT2D eigenvalue weighted by molar-refractivity contribution is -0.116. The number of hydrogen-bond acceptors (Lipinski definition) is 1. The summed E-state index contributed by atoms with van der Waals surface area (Å²) in [6.45, 7) is 13.0. The van der Waals surface area contributed by atoms with Crippen LogP contribution < -0.4 is 5.32 Å². The highest BCUT2D eigenvalue weighted by Gasteiger charge is 2.08. The first-order valence-electron chi connectivity index (χ1n) is 5.26. The Morgan fingerprint density at radius 2 is 1.94 bits per heavy atom. The van der Waals surface area contributed by atoms with Crippen LogP contribution in [-0.2, 0) is 4.79 Å². The third-order valence-electron chi connectivity index (χ3n) is 2.18. The molecule has 0 unspecified atom stereocenters. The van der Waals surface area contributed by atoms with Gasteiger partial charge in [-0.2, -0.15) is 0 Å². The lowest BCUT2D eigenvalue weighted by Gasteiger charge is -2.10. The first-order chi connectivity index (χ1) is 7.97. The van der Waals surface area contributed by atoms with E-state index >= 15 is 0 Å². The molecule has 3 heteroatoms. The molecule has 0 spiro atoms. The molecule has 0 heterocycles. The van der Waals surface area contributed by atoms with Crippen molar-refractivity contribution in [2.45, 2.75) is 20.8 Å². The molecule has 0 bridgehead atoms. The van der Waals surface area contributed by atoms with Gasteiger partial charge in [0.25, 0.3) is 5.91 Å². The molecule has 0 aromatic heterocycles. The highest BCUT2D eigenvalue weighted by Crippen LogP contribution is 2.17.